The number of hydrogen-bond acceptors (Lipinski definition) is 3. The lowest BCUT2D eigenvalue weighted by atomic mass is 9.99. The van der Waals surface area contributed by atoms with Crippen molar-refractivity contribution in [3.05, 3.63) is 69.7 Å². The summed E-state index contributed by atoms with van der Waals surface area (Å²) in [4.78, 5) is 15.2. The van der Waals surface area contributed by atoms with Gasteiger partial charge in [0.2, 0.25) is 0 Å². The summed E-state index contributed by atoms with van der Waals surface area (Å²) in [6.45, 7) is 4.32. The van der Waals surface area contributed by atoms with Gasteiger partial charge >= 0.3 is 0 Å². The first kappa shape index (κ1) is 22.1. The Morgan fingerprint density at radius 3 is 2.55 bits per heavy atom. The Bertz CT molecular complexity index is 1140. The molecule has 0 bridgehead atoms. The number of benzene rings is 3. The number of fused-ring (bicyclic) bond motifs is 1. The Kier molecular flexibility index (Phi) is 6.80. The zero-order chi connectivity index (χ0) is 22.0. The number of rotatable bonds is 3. The molecule has 160 valence electrons. The molecule has 1 fully saturated rings. The minimum Gasteiger partial charge on any atom is -0.370 e. The van der Waals surface area contributed by atoms with Crippen molar-refractivity contribution in [2.24, 2.45) is 5.92 Å². The van der Waals surface area contributed by atoms with E-state index in [2.05, 4.69) is 38.4 Å². The maximum atomic E-state index is 12.8. The zero-order valence-corrected chi connectivity index (χ0v) is 20.3. The van der Waals surface area contributed by atoms with Crippen molar-refractivity contribution in [1.82, 2.24) is 5.32 Å². The topological polar surface area (TPSA) is 44.4 Å². The maximum absolute atomic E-state index is 12.8. The lowest BCUT2D eigenvalue weighted by Crippen LogP contribution is -2.34. The second-order valence-corrected chi connectivity index (χ2v) is 9.55. The minimum atomic E-state index is -0.258. The summed E-state index contributed by atoms with van der Waals surface area (Å²) in [6.07, 6.45) is 2.36. The molecule has 0 spiro atoms. The van der Waals surface area contributed by atoms with Gasteiger partial charge in [-0.05, 0) is 72.1 Å². The highest BCUT2D eigenvalue weighted by atomic mass is 79.9. The second kappa shape index (κ2) is 9.55. The van der Waals surface area contributed by atoms with Crippen LogP contribution in [-0.2, 0) is 0 Å². The Morgan fingerprint density at radius 1 is 1.10 bits per heavy atom. The smallest absolute Gasteiger partial charge is 0.258 e. The molecule has 0 saturated carbocycles. The van der Waals surface area contributed by atoms with Gasteiger partial charge in [-0.2, -0.15) is 0 Å². The van der Waals surface area contributed by atoms with Crippen molar-refractivity contribution in [2.75, 3.05) is 23.3 Å². The summed E-state index contributed by atoms with van der Waals surface area (Å²) in [6, 6.07) is 17.2. The molecule has 1 heterocycles. The molecule has 4 rings (SSSR count). The lowest BCUT2D eigenvalue weighted by Gasteiger charge is -2.32. The van der Waals surface area contributed by atoms with Crippen LogP contribution >= 0.6 is 39.7 Å². The molecule has 0 atom stereocenters. The zero-order valence-electron chi connectivity index (χ0n) is 17.1. The van der Waals surface area contributed by atoms with Crippen molar-refractivity contribution in [3.63, 3.8) is 0 Å². The molecule has 1 amide bonds. The van der Waals surface area contributed by atoms with Crippen molar-refractivity contribution in [1.29, 1.82) is 0 Å². The first-order chi connectivity index (χ1) is 14.9. The third-order valence-corrected chi connectivity index (χ3v) is 6.87. The third kappa shape index (κ3) is 5.03. The predicted octanol–water partition coefficient (Wildman–Crippen LogP) is 6.62. The fourth-order valence-corrected chi connectivity index (χ4v) is 4.90. The molecule has 7 heteroatoms. The Morgan fingerprint density at radius 2 is 1.81 bits per heavy atom. The number of carbonyl (C=O) groups is 1. The lowest BCUT2D eigenvalue weighted by molar-refractivity contribution is 0.0979. The average Bonchev–Trinajstić information content (AvgIpc) is 2.74. The van der Waals surface area contributed by atoms with Gasteiger partial charge in [-0.1, -0.05) is 58.7 Å². The molecular weight excluding hydrogens is 494 g/mol. The molecule has 2 N–H and O–H groups in total. The highest BCUT2D eigenvalue weighted by Gasteiger charge is 2.18. The summed E-state index contributed by atoms with van der Waals surface area (Å²) < 4.78 is 0.943. The molecule has 4 nitrogen and oxygen atoms in total. The van der Waals surface area contributed by atoms with E-state index in [4.69, 9.17) is 23.8 Å². The van der Waals surface area contributed by atoms with Gasteiger partial charge < -0.3 is 10.2 Å². The summed E-state index contributed by atoms with van der Waals surface area (Å²) in [5.41, 5.74) is 2.34. The normalized spacial score (nSPS) is 14.5. The van der Waals surface area contributed by atoms with Gasteiger partial charge in [-0.15, -0.1) is 0 Å². The molecule has 3 aromatic rings. The number of amides is 1. The van der Waals surface area contributed by atoms with E-state index in [0.29, 0.717) is 10.6 Å². The molecule has 0 radical (unpaired) electrons. The molecule has 1 aliphatic heterocycles. The highest BCUT2D eigenvalue weighted by molar-refractivity contribution is 9.10. The van der Waals surface area contributed by atoms with Gasteiger partial charge in [-0.25, -0.2) is 0 Å². The number of nitrogens with one attached hydrogen (secondary N) is 2. The van der Waals surface area contributed by atoms with Crippen LogP contribution in [0.15, 0.2) is 59.1 Å². The maximum Gasteiger partial charge on any atom is 0.258 e. The number of piperidine rings is 1. The number of anilines is 2. The van der Waals surface area contributed by atoms with Crippen LogP contribution in [0.1, 0.15) is 30.1 Å². The third-order valence-electron chi connectivity index (χ3n) is 5.67. The van der Waals surface area contributed by atoms with E-state index in [1.165, 1.54) is 12.8 Å². The number of carbonyl (C=O) groups excluding carboxylic acids is 1. The van der Waals surface area contributed by atoms with E-state index in [1.807, 2.05) is 48.5 Å². The van der Waals surface area contributed by atoms with Crippen LogP contribution in [0.2, 0.25) is 5.02 Å². The predicted molar refractivity (Wildman–Crippen MR) is 137 cm³/mol. The van der Waals surface area contributed by atoms with Crippen molar-refractivity contribution < 1.29 is 4.79 Å². The first-order valence-electron chi connectivity index (χ1n) is 10.3. The van der Waals surface area contributed by atoms with Crippen molar-refractivity contribution in [3.8, 4) is 0 Å². The fraction of sp³-hybridized carbons (Fsp3) is 0.250. The Balaban J connectivity index is 1.44. The van der Waals surface area contributed by atoms with Crippen LogP contribution in [0.5, 0.6) is 0 Å². The molecule has 0 unspecified atom stereocenters. The molecule has 0 aromatic heterocycles. The van der Waals surface area contributed by atoms with E-state index >= 15 is 0 Å². The molecule has 31 heavy (non-hydrogen) atoms. The van der Waals surface area contributed by atoms with Crippen LogP contribution < -0.4 is 15.5 Å². The summed E-state index contributed by atoms with van der Waals surface area (Å²) in [5.74, 6) is 0.506. The van der Waals surface area contributed by atoms with Crippen LogP contribution in [0.25, 0.3) is 10.8 Å². The first-order valence-corrected chi connectivity index (χ1v) is 11.8. The second-order valence-electron chi connectivity index (χ2n) is 7.88. The number of halogens is 2. The summed E-state index contributed by atoms with van der Waals surface area (Å²) >= 11 is 15.5. The Hall–Kier alpha value is -2.15. The van der Waals surface area contributed by atoms with Crippen LogP contribution in [0, 0.1) is 5.92 Å². The Labute approximate surface area is 201 Å². The number of hydrogen-bond donors (Lipinski definition) is 2. The van der Waals surface area contributed by atoms with Crippen LogP contribution in [0.4, 0.5) is 11.4 Å². The van der Waals surface area contributed by atoms with Gasteiger partial charge in [0.15, 0.2) is 5.11 Å². The van der Waals surface area contributed by atoms with Gasteiger partial charge in [0.05, 0.1) is 10.7 Å². The van der Waals surface area contributed by atoms with Crippen LogP contribution in [0.3, 0.4) is 0 Å². The van der Waals surface area contributed by atoms with Gasteiger partial charge in [0, 0.05) is 28.8 Å². The van der Waals surface area contributed by atoms with E-state index in [9.17, 15) is 4.79 Å². The van der Waals surface area contributed by atoms with E-state index < -0.39 is 0 Å². The average molecular weight is 517 g/mol. The van der Waals surface area contributed by atoms with E-state index in [1.54, 1.807) is 6.07 Å². The molecule has 1 saturated heterocycles. The van der Waals surface area contributed by atoms with E-state index in [0.717, 1.165) is 45.6 Å². The van der Waals surface area contributed by atoms with Crippen LogP contribution in [-0.4, -0.2) is 24.1 Å². The summed E-state index contributed by atoms with van der Waals surface area (Å²) in [7, 11) is 0. The highest BCUT2D eigenvalue weighted by Crippen LogP contribution is 2.32. The SMILES string of the molecule is CC1CCN(c2ccc(NC(=S)NC(=O)c3cccc4c(Br)cccc34)cc2Cl)CC1. The van der Waals surface area contributed by atoms with Gasteiger partial charge in [0.25, 0.3) is 5.91 Å². The monoisotopic (exact) mass is 515 g/mol. The fourth-order valence-electron chi connectivity index (χ4n) is 3.89. The number of thiocarbonyl (C=S) groups is 1. The molecular formula is C24H23BrClN3OS. The standard InChI is InChI=1S/C24H23BrClN3OS/c1-15-10-12-29(13-11-15)22-9-8-16(14-21(22)26)27-24(31)28-23(30)19-6-2-5-18-17(19)4-3-7-20(18)25/h2-9,14-15H,10-13H2,1H3,(H2,27,28,30,31). The van der Waals surface area contributed by atoms with Crippen molar-refractivity contribution in [2.45, 2.75) is 19.8 Å². The molecule has 0 aliphatic carbocycles. The van der Waals surface area contributed by atoms with Crippen molar-refractivity contribution >= 4 is 72.9 Å². The van der Waals surface area contributed by atoms with E-state index in [-0.39, 0.29) is 11.0 Å². The quantitative estimate of drug-likeness (QED) is 0.384. The summed E-state index contributed by atoms with van der Waals surface area (Å²) in [5, 5.41) is 8.58. The molecule has 1 aliphatic rings. The number of nitrogens with zero attached hydrogens (tertiary/aromatic N) is 1. The van der Waals surface area contributed by atoms with Gasteiger partial charge in [0.1, 0.15) is 0 Å². The molecule has 3 aromatic carbocycles. The minimum absolute atomic E-state index is 0.229. The largest absolute Gasteiger partial charge is 0.370 e. The van der Waals surface area contributed by atoms with Gasteiger partial charge in [-0.3, -0.25) is 10.1 Å².